The molecular weight excluding hydrogens is 376 g/mol. The third kappa shape index (κ3) is 4.12. The molecule has 0 saturated carbocycles. The summed E-state index contributed by atoms with van der Waals surface area (Å²) in [7, 11) is 0. The van der Waals surface area contributed by atoms with Crippen LogP contribution in [0.15, 0.2) is 103 Å². The number of para-hydroxylation sites is 2. The molecule has 1 aliphatic heterocycles. The summed E-state index contributed by atoms with van der Waals surface area (Å²) in [4.78, 5) is 31.2. The second-order valence-corrected chi connectivity index (χ2v) is 6.67. The summed E-state index contributed by atoms with van der Waals surface area (Å²) in [5.41, 5.74) is 8.89. The molecule has 148 valence electrons. The second kappa shape index (κ2) is 8.87. The molecule has 0 aliphatic carbocycles. The van der Waals surface area contributed by atoms with Crippen LogP contribution in [0.3, 0.4) is 0 Å². The van der Waals surface area contributed by atoms with Crippen LogP contribution in [0.25, 0.3) is 5.57 Å². The van der Waals surface area contributed by atoms with E-state index in [9.17, 15) is 9.59 Å². The molecule has 1 aromatic heterocycles. The quantitative estimate of drug-likeness (QED) is 0.492. The molecule has 1 unspecified atom stereocenters. The zero-order valence-corrected chi connectivity index (χ0v) is 16.1. The van der Waals surface area contributed by atoms with E-state index in [1.165, 1.54) is 0 Å². The highest BCUT2D eigenvalue weighted by Crippen LogP contribution is 2.30. The van der Waals surface area contributed by atoms with E-state index in [0.717, 1.165) is 23.2 Å². The number of carbonyl (C=O) groups is 2. The smallest absolute Gasteiger partial charge is 0.268 e. The molecule has 1 amide bonds. The number of hydrogen-bond acceptors (Lipinski definition) is 5. The Morgan fingerprint density at radius 1 is 0.933 bits per heavy atom. The van der Waals surface area contributed by atoms with Gasteiger partial charge in [-0.05, 0) is 42.5 Å². The molecule has 0 fully saturated rings. The molecule has 0 radical (unpaired) electrons. The maximum atomic E-state index is 13.0. The zero-order chi connectivity index (χ0) is 20.8. The summed E-state index contributed by atoms with van der Waals surface area (Å²) < 4.78 is 0. The van der Waals surface area contributed by atoms with Gasteiger partial charge in [0.1, 0.15) is 12.3 Å². The third-order valence-electron chi connectivity index (χ3n) is 4.71. The highest BCUT2D eigenvalue weighted by molar-refractivity contribution is 6.04. The molecule has 0 spiro atoms. The third-order valence-corrected chi connectivity index (χ3v) is 4.71. The number of hydrazine groups is 1. The van der Waals surface area contributed by atoms with Crippen molar-refractivity contribution in [3.05, 3.63) is 109 Å². The lowest BCUT2D eigenvalue weighted by Gasteiger charge is -2.32. The van der Waals surface area contributed by atoms with Crippen LogP contribution in [0.2, 0.25) is 0 Å². The van der Waals surface area contributed by atoms with Crippen LogP contribution in [-0.4, -0.2) is 23.2 Å². The van der Waals surface area contributed by atoms with Crippen molar-refractivity contribution < 1.29 is 9.59 Å². The number of carbonyl (C=O) groups excluding carboxylic acids is 2. The van der Waals surface area contributed by atoms with Crippen molar-refractivity contribution >= 4 is 29.1 Å². The van der Waals surface area contributed by atoms with Crippen LogP contribution >= 0.6 is 0 Å². The van der Waals surface area contributed by atoms with Crippen LogP contribution in [0.4, 0.5) is 11.4 Å². The maximum absolute atomic E-state index is 13.0. The van der Waals surface area contributed by atoms with Crippen molar-refractivity contribution in [3.63, 3.8) is 0 Å². The maximum Gasteiger partial charge on any atom is 0.268 e. The highest BCUT2D eigenvalue weighted by Gasteiger charge is 2.30. The van der Waals surface area contributed by atoms with E-state index in [4.69, 9.17) is 0 Å². The number of amides is 1. The van der Waals surface area contributed by atoms with Crippen LogP contribution in [0.1, 0.15) is 5.69 Å². The van der Waals surface area contributed by atoms with Crippen LogP contribution in [-0.2, 0) is 9.59 Å². The molecule has 0 saturated heterocycles. The van der Waals surface area contributed by atoms with Crippen molar-refractivity contribution in [1.29, 1.82) is 0 Å². The van der Waals surface area contributed by atoms with Crippen LogP contribution in [0, 0.1) is 0 Å². The predicted molar refractivity (Wildman–Crippen MR) is 117 cm³/mol. The fourth-order valence-corrected chi connectivity index (χ4v) is 3.24. The van der Waals surface area contributed by atoms with Gasteiger partial charge in [-0.2, -0.15) is 0 Å². The Morgan fingerprint density at radius 2 is 1.63 bits per heavy atom. The molecule has 6 heteroatoms. The molecule has 2 N–H and O–H groups in total. The molecular formula is C24H20N4O2. The van der Waals surface area contributed by atoms with Gasteiger partial charge in [-0.3, -0.25) is 20.6 Å². The summed E-state index contributed by atoms with van der Waals surface area (Å²) in [5.74, 6) is -0.390. The van der Waals surface area contributed by atoms with Crippen LogP contribution in [0.5, 0.6) is 0 Å². The molecule has 1 atom stereocenters. The average molecular weight is 396 g/mol. The number of nitrogens with one attached hydrogen (secondary N) is 2. The van der Waals surface area contributed by atoms with Gasteiger partial charge < -0.3 is 9.69 Å². The number of rotatable bonds is 6. The largest absolute Gasteiger partial charge is 0.333 e. The van der Waals surface area contributed by atoms with Crippen molar-refractivity contribution in [2.45, 2.75) is 6.04 Å². The molecule has 3 aromatic rings. The first-order valence-corrected chi connectivity index (χ1v) is 9.51. The zero-order valence-electron chi connectivity index (χ0n) is 16.1. The van der Waals surface area contributed by atoms with E-state index in [-0.39, 0.29) is 0 Å². The van der Waals surface area contributed by atoms with Gasteiger partial charge in [-0.25, -0.2) is 0 Å². The van der Waals surface area contributed by atoms with Crippen molar-refractivity contribution in [2.24, 2.45) is 0 Å². The molecule has 2 aromatic carbocycles. The Labute approximate surface area is 174 Å². The molecule has 4 rings (SSSR count). The number of hydrogen-bond donors (Lipinski definition) is 2. The molecule has 1 aliphatic rings. The Hall–Kier alpha value is -4.19. The van der Waals surface area contributed by atoms with E-state index >= 15 is 0 Å². The SMILES string of the molecule is O=CC1C(C(=O)NNc2ccccc2)=CC(c2ccccn2)=CN1c1ccccc1. The monoisotopic (exact) mass is 396 g/mol. The standard InChI is InChI=1S/C24H20N4O2/c29-17-23-21(24(30)27-26-19-9-3-1-4-10-19)15-18(22-13-7-8-14-25-22)16-28(23)20-11-5-2-6-12-20/h1-17,23,26H,(H,27,30). The average Bonchev–Trinajstić information content (AvgIpc) is 2.83. The Kier molecular flexibility index (Phi) is 5.66. The number of anilines is 2. The first-order chi connectivity index (χ1) is 14.8. The lowest BCUT2D eigenvalue weighted by atomic mass is 9.96. The van der Waals surface area contributed by atoms with Gasteiger partial charge in [-0.1, -0.05) is 42.5 Å². The first kappa shape index (κ1) is 19.1. The number of allylic oxidation sites excluding steroid dienone is 2. The molecule has 2 heterocycles. The molecule has 30 heavy (non-hydrogen) atoms. The minimum Gasteiger partial charge on any atom is -0.333 e. The van der Waals surface area contributed by atoms with E-state index in [1.807, 2.05) is 85.1 Å². The van der Waals surface area contributed by atoms with Crippen LogP contribution < -0.4 is 15.8 Å². The van der Waals surface area contributed by atoms with Gasteiger partial charge in [0.25, 0.3) is 5.91 Å². The summed E-state index contributed by atoms with van der Waals surface area (Å²) in [6.45, 7) is 0. The summed E-state index contributed by atoms with van der Waals surface area (Å²) in [6, 6.07) is 23.6. The van der Waals surface area contributed by atoms with Crippen molar-refractivity contribution in [2.75, 3.05) is 10.3 Å². The second-order valence-electron chi connectivity index (χ2n) is 6.67. The first-order valence-electron chi connectivity index (χ1n) is 9.51. The normalized spacial score (nSPS) is 15.6. The summed E-state index contributed by atoms with van der Waals surface area (Å²) >= 11 is 0. The lowest BCUT2D eigenvalue weighted by molar-refractivity contribution is -0.118. The van der Waals surface area contributed by atoms with Gasteiger partial charge in [0, 0.05) is 29.2 Å². The Morgan fingerprint density at radius 3 is 2.30 bits per heavy atom. The topological polar surface area (TPSA) is 74.3 Å². The fourth-order valence-electron chi connectivity index (χ4n) is 3.24. The number of aromatic nitrogens is 1. The highest BCUT2D eigenvalue weighted by atomic mass is 16.2. The summed E-state index contributed by atoms with van der Waals surface area (Å²) in [6.07, 6.45) is 6.02. The van der Waals surface area contributed by atoms with Gasteiger partial charge in [0.2, 0.25) is 0 Å². The van der Waals surface area contributed by atoms with E-state index in [1.54, 1.807) is 17.2 Å². The van der Waals surface area contributed by atoms with E-state index in [0.29, 0.717) is 11.3 Å². The number of nitrogens with zero attached hydrogens (tertiary/aromatic N) is 2. The lowest BCUT2D eigenvalue weighted by Crippen LogP contribution is -2.43. The molecule has 0 bridgehead atoms. The van der Waals surface area contributed by atoms with Crippen molar-refractivity contribution in [3.8, 4) is 0 Å². The number of aldehydes is 1. The number of pyridine rings is 1. The summed E-state index contributed by atoms with van der Waals surface area (Å²) in [5, 5.41) is 0. The van der Waals surface area contributed by atoms with Gasteiger partial charge in [0.05, 0.1) is 11.4 Å². The predicted octanol–water partition coefficient (Wildman–Crippen LogP) is 3.58. The Balaban J connectivity index is 1.69. The van der Waals surface area contributed by atoms with Crippen molar-refractivity contribution in [1.82, 2.24) is 10.4 Å². The van der Waals surface area contributed by atoms with Gasteiger partial charge in [0.15, 0.2) is 0 Å². The minimum atomic E-state index is -0.766. The minimum absolute atomic E-state index is 0.320. The van der Waals surface area contributed by atoms with Gasteiger partial charge in [-0.15, -0.1) is 0 Å². The Bertz CT molecular complexity index is 1080. The van der Waals surface area contributed by atoms with E-state index < -0.39 is 11.9 Å². The van der Waals surface area contributed by atoms with Gasteiger partial charge >= 0.3 is 0 Å². The molecule has 6 nitrogen and oxygen atoms in total. The fraction of sp³-hybridized carbons (Fsp3) is 0.0417. The van der Waals surface area contributed by atoms with E-state index in [2.05, 4.69) is 15.8 Å². The number of benzene rings is 2.